The van der Waals surface area contributed by atoms with Gasteiger partial charge >= 0.3 is 11.9 Å². The number of aryl methyl sites for hydroxylation is 1. The van der Waals surface area contributed by atoms with Crippen molar-refractivity contribution < 1.29 is 27.9 Å². The first kappa shape index (κ1) is 15.1. The Kier molecular flexibility index (Phi) is 4.27. The van der Waals surface area contributed by atoms with Gasteiger partial charge in [-0.05, 0) is 6.92 Å². The molecule has 106 valence electrons. The monoisotopic (exact) mass is 291 g/mol. The average Bonchev–Trinajstić information content (AvgIpc) is 2.71. The van der Waals surface area contributed by atoms with Gasteiger partial charge in [0.15, 0.2) is 0 Å². The van der Waals surface area contributed by atoms with E-state index in [2.05, 4.69) is 14.9 Å². The molecular weight excluding hydrogens is 278 g/mol. The van der Waals surface area contributed by atoms with E-state index in [1.165, 1.54) is 6.92 Å². The van der Waals surface area contributed by atoms with Crippen LogP contribution in [0, 0.1) is 6.92 Å². The lowest BCUT2D eigenvalue weighted by molar-refractivity contribution is -0.140. The van der Waals surface area contributed by atoms with Crippen LogP contribution in [0.1, 0.15) is 16.1 Å². The van der Waals surface area contributed by atoms with Crippen LogP contribution in [0.2, 0.25) is 0 Å². The number of carbonyl (C=O) groups is 2. The molecule has 0 unspecified atom stereocenters. The summed E-state index contributed by atoms with van der Waals surface area (Å²) < 4.78 is 29.2. The SMILES string of the molecule is COC(=O)CN(C)S(=O)(=O)c1n[nH]c(C)c1C(=O)O. The van der Waals surface area contributed by atoms with Gasteiger partial charge in [-0.15, -0.1) is 0 Å². The maximum Gasteiger partial charge on any atom is 0.340 e. The number of aromatic nitrogens is 2. The standard InChI is InChI=1S/C9H13N3O6S/c1-5-7(9(14)15)8(11-10-5)19(16,17)12(2)4-6(13)18-3/h4H2,1-3H3,(H,10,11)(H,14,15). The van der Waals surface area contributed by atoms with Crippen LogP contribution in [-0.4, -0.2) is 60.7 Å². The molecule has 2 N–H and O–H groups in total. The number of aromatic carboxylic acids is 1. The van der Waals surface area contributed by atoms with E-state index in [-0.39, 0.29) is 5.69 Å². The van der Waals surface area contributed by atoms with Crippen LogP contribution in [0.4, 0.5) is 0 Å². The van der Waals surface area contributed by atoms with Crippen molar-refractivity contribution in [2.24, 2.45) is 0 Å². The van der Waals surface area contributed by atoms with Gasteiger partial charge in [0.25, 0.3) is 10.0 Å². The van der Waals surface area contributed by atoms with Crippen molar-refractivity contribution in [3.8, 4) is 0 Å². The number of nitrogens with zero attached hydrogens (tertiary/aromatic N) is 2. The second-order valence-electron chi connectivity index (χ2n) is 3.67. The average molecular weight is 291 g/mol. The predicted octanol–water partition coefficient (Wildman–Crippen LogP) is -0.790. The fourth-order valence-corrected chi connectivity index (χ4v) is 2.55. The molecule has 0 bridgehead atoms. The third-order valence-electron chi connectivity index (χ3n) is 2.36. The van der Waals surface area contributed by atoms with E-state index in [1.807, 2.05) is 0 Å². The number of carboxylic acids is 1. The molecule has 0 fully saturated rings. The van der Waals surface area contributed by atoms with Crippen LogP contribution in [0.5, 0.6) is 0 Å². The van der Waals surface area contributed by atoms with Crippen molar-refractivity contribution in [3.63, 3.8) is 0 Å². The number of carbonyl (C=O) groups excluding carboxylic acids is 1. The summed E-state index contributed by atoms with van der Waals surface area (Å²) in [6.07, 6.45) is 0. The molecule has 1 heterocycles. The summed E-state index contributed by atoms with van der Waals surface area (Å²) in [6, 6.07) is 0. The summed E-state index contributed by atoms with van der Waals surface area (Å²) in [6.45, 7) is 0.847. The number of aromatic amines is 1. The van der Waals surface area contributed by atoms with Crippen LogP contribution >= 0.6 is 0 Å². The van der Waals surface area contributed by atoms with Gasteiger partial charge in [-0.25, -0.2) is 13.2 Å². The normalized spacial score (nSPS) is 11.6. The first-order chi connectivity index (χ1) is 8.71. The van der Waals surface area contributed by atoms with E-state index < -0.39 is 39.1 Å². The first-order valence-corrected chi connectivity index (χ1v) is 6.47. The fourth-order valence-electron chi connectivity index (χ4n) is 1.32. The Bertz CT molecular complexity index is 605. The van der Waals surface area contributed by atoms with Gasteiger partial charge in [-0.2, -0.15) is 9.40 Å². The van der Waals surface area contributed by atoms with Crippen LogP contribution < -0.4 is 0 Å². The zero-order chi connectivity index (χ0) is 14.8. The topological polar surface area (TPSA) is 130 Å². The number of esters is 1. The second-order valence-corrected chi connectivity index (χ2v) is 5.63. The molecule has 0 amide bonds. The van der Waals surface area contributed by atoms with Gasteiger partial charge < -0.3 is 9.84 Å². The van der Waals surface area contributed by atoms with Gasteiger partial charge in [-0.1, -0.05) is 0 Å². The number of H-pyrrole nitrogens is 1. The Morgan fingerprint density at radius 3 is 2.53 bits per heavy atom. The number of hydrogen-bond donors (Lipinski definition) is 2. The zero-order valence-corrected chi connectivity index (χ0v) is 11.3. The lowest BCUT2D eigenvalue weighted by atomic mass is 10.3. The summed E-state index contributed by atoms with van der Waals surface area (Å²) in [5.74, 6) is -2.19. The van der Waals surface area contributed by atoms with Gasteiger partial charge in [0.1, 0.15) is 12.1 Å². The highest BCUT2D eigenvalue weighted by Gasteiger charge is 2.32. The van der Waals surface area contributed by atoms with Crippen LogP contribution in [0.25, 0.3) is 0 Å². The highest BCUT2D eigenvalue weighted by molar-refractivity contribution is 7.89. The van der Waals surface area contributed by atoms with Crippen molar-refractivity contribution in [1.29, 1.82) is 0 Å². The van der Waals surface area contributed by atoms with E-state index in [0.717, 1.165) is 14.2 Å². The Labute approximate surface area is 109 Å². The minimum atomic E-state index is -4.19. The van der Waals surface area contributed by atoms with Crippen LogP contribution in [0.15, 0.2) is 5.03 Å². The second kappa shape index (κ2) is 5.36. The van der Waals surface area contributed by atoms with Gasteiger partial charge in [0, 0.05) is 12.7 Å². The molecule has 1 rings (SSSR count). The number of nitrogens with one attached hydrogen (secondary N) is 1. The van der Waals surface area contributed by atoms with Gasteiger partial charge in [0.05, 0.1) is 7.11 Å². The summed E-state index contributed by atoms with van der Waals surface area (Å²) in [5, 5.41) is 14.1. The van der Waals surface area contributed by atoms with Crippen molar-refractivity contribution >= 4 is 22.0 Å². The number of hydrogen-bond acceptors (Lipinski definition) is 6. The lowest BCUT2D eigenvalue weighted by Gasteiger charge is -2.14. The number of sulfonamides is 1. The van der Waals surface area contributed by atoms with Crippen molar-refractivity contribution in [2.45, 2.75) is 11.9 Å². The van der Waals surface area contributed by atoms with E-state index in [9.17, 15) is 18.0 Å². The minimum absolute atomic E-state index is 0.109. The molecule has 0 saturated carbocycles. The largest absolute Gasteiger partial charge is 0.478 e. The van der Waals surface area contributed by atoms with Crippen molar-refractivity contribution in [1.82, 2.24) is 14.5 Å². The molecule has 0 aliphatic heterocycles. The molecule has 10 heteroatoms. The van der Waals surface area contributed by atoms with E-state index >= 15 is 0 Å². The first-order valence-electron chi connectivity index (χ1n) is 5.03. The van der Waals surface area contributed by atoms with E-state index in [0.29, 0.717) is 4.31 Å². The number of rotatable bonds is 5. The molecule has 0 aliphatic carbocycles. The molecule has 9 nitrogen and oxygen atoms in total. The molecule has 0 aliphatic rings. The third-order valence-corrected chi connectivity index (χ3v) is 4.10. The number of likely N-dealkylation sites (N-methyl/N-ethyl adjacent to an activating group) is 1. The molecule has 0 atom stereocenters. The third kappa shape index (κ3) is 2.90. The lowest BCUT2D eigenvalue weighted by Crippen LogP contribution is -2.33. The molecular formula is C9H13N3O6S. The summed E-state index contributed by atoms with van der Waals surface area (Å²) in [5.41, 5.74) is -0.339. The molecule has 0 spiro atoms. The van der Waals surface area contributed by atoms with Gasteiger partial charge in [0.2, 0.25) is 5.03 Å². The van der Waals surface area contributed by atoms with Gasteiger partial charge in [-0.3, -0.25) is 9.89 Å². The molecule has 1 aromatic rings. The van der Waals surface area contributed by atoms with E-state index in [1.54, 1.807) is 0 Å². The summed E-state index contributed by atoms with van der Waals surface area (Å²) >= 11 is 0. The molecule has 19 heavy (non-hydrogen) atoms. The van der Waals surface area contributed by atoms with Crippen LogP contribution in [-0.2, 0) is 19.6 Å². The Morgan fingerprint density at radius 2 is 2.05 bits per heavy atom. The predicted molar refractivity (Wildman–Crippen MR) is 62.1 cm³/mol. The minimum Gasteiger partial charge on any atom is -0.478 e. The van der Waals surface area contributed by atoms with Crippen molar-refractivity contribution in [2.75, 3.05) is 20.7 Å². The summed E-state index contributed by atoms with van der Waals surface area (Å²) in [7, 11) is -1.95. The molecule has 0 radical (unpaired) electrons. The maximum atomic E-state index is 12.1. The Morgan fingerprint density at radius 1 is 1.47 bits per heavy atom. The Hall–Kier alpha value is -1.94. The quantitative estimate of drug-likeness (QED) is 0.680. The molecule has 1 aromatic heterocycles. The molecule has 0 saturated heterocycles. The maximum absolute atomic E-state index is 12.1. The number of methoxy groups -OCH3 is 1. The summed E-state index contributed by atoms with van der Waals surface area (Å²) in [4.78, 5) is 22.1. The zero-order valence-electron chi connectivity index (χ0n) is 10.5. The molecule has 0 aromatic carbocycles. The highest BCUT2D eigenvalue weighted by Crippen LogP contribution is 2.19. The highest BCUT2D eigenvalue weighted by atomic mass is 32.2. The number of carboxylic acid groups (broad SMARTS) is 1. The number of ether oxygens (including phenoxy) is 1. The smallest absolute Gasteiger partial charge is 0.340 e. The fraction of sp³-hybridized carbons (Fsp3) is 0.444. The van der Waals surface area contributed by atoms with Crippen molar-refractivity contribution in [3.05, 3.63) is 11.3 Å². The Balaban J connectivity index is 3.21. The van der Waals surface area contributed by atoms with E-state index in [4.69, 9.17) is 5.11 Å². The van der Waals surface area contributed by atoms with Crippen LogP contribution in [0.3, 0.4) is 0 Å².